The van der Waals surface area contributed by atoms with Crippen LogP contribution in [0.1, 0.15) is 56.8 Å². The van der Waals surface area contributed by atoms with Gasteiger partial charge >= 0.3 is 6.03 Å². The largest absolute Gasteiger partial charge is 0.348 e. The van der Waals surface area contributed by atoms with Crippen LogP contribution >= 0.6 is 0 Å². The van der Waals surface area contributed by atoms with Crippen molar-refractivity contribution in [3.8, 4) is 0 Å². The van der Waals surface area contributed by atoms with Crippen molar-refractivity contribution in [2.75, 3.05) is 0 Å². The molecule has 0 radical (unpaired) electrons. The zero-order chi connectivity index (χ0) is 18.4. The number of rotatable bonds is 4. The van der Waals surface area contributed by atoms with Crippen molar-refractivity contribution in [2.45, 2.75) is 64.6 Å². The molecule has 1 aliphatic carbocycles. The van der Waals surface area contributed by atoms with Crippen LogP contribution in [0.15, 0.2) is 18.2 Å². The third-order valence-corrected chi connectivity index (χ3v) is 5.14. The van der Waals surface area contributed by atoms with E-state index < -0.39 is 17.6 Å². The summed E-state index contributed by atoms with van der Waals surface area (Å²) in [7, 11) is 0. The Kier molecular flexibility index (Phi) is 4.31. The predicted octanol–water partition coefficient (Wildman–Crippen LogP) is 2.07. The first-order valence-corrected chi connectivity index (χ1v) is 8.78. The van der Waals surface area contributed by atoms with E-state index in [4.69, 9.17) is 0 Å². The lowest BCUT2D eigenvalue weighted by atomic mass is 10.0. The minimum Gasteiger partial charge on any atom is -0.348 e. The molecule has 4 amide bonds. The topological polar surface area (TPSA) is 78.5 Å². The van der Waals surface area contributed by atoms with Gasteiger partial charge in [0.1, 0.15) is 11.6 Å². The Hall–Kier alpha value is -2.37. The lowest BCUT2D eigenvalue weighted by molar-refractivity contribution is -0.137. The van der Waals surface area contributed by atoms with Gasteiger partial charge in [-0.3, -0.25) is 9.59 Å². The van der Waals surface area contributed by atoms with E-state index in [0.717, 1.165) is 23.3 Å². The molecule has 1 aliphatic heterocycles. The number of carbonyl (C=O) groups excluding carboxylic acids is 3. The summed E-state index contributed by atoms with van der Waals surface area (Å²) < 4.78 is 0. The van der Waals surface area contributed by atoms with Crippen molar-refractivity contribution in [3.63, 3.8) is 0 Å². The van der Waals surface area contributed by atoms with Gasteiger partial charge in [0, 0.05) is 0 Å². The lowest BCUT2D eigenvalue weighted by Gasteiger charge is -2.24. The Bertz CT molecular complexity index is 741. The second kappa shape index (κ2) is 6.17. The Balaban J connectivity index is 1.69. The summed E-state index contributed by atoms with van der Waals surface area (Å²) >= 11 is 0. The van der Waals surface area contributed by atoms with Crippen LogP contribution in [0.25, 0.3) is 0 Å². The number of urea groups is 1. The quantitative estimate of drug-likeness (QED) is 0.822. The zero-order valence-corrected chi connectivity index (χ0v) is 15.2. The van der Waals surface area contributed by atoms with Gasteiger partial charge in [0.25, 0.3) is 5.91 Å². The summed E-state index contributed by atoms with van der Waals surface area (Å²) in [4.78, 5) is 37.9. The van der Waals surface area contributed by atoms with E-state index >= 15 is 0 Å². The summed E-state index contributed by atoms with van der Waals surface area (Å²) in [6.45, 7) is 6.75. The maximum Gasteiger partial charge on any atom is 0.325 e. The van der Waals surface area contributed by atoms with Crippen LogP contribution in [-0.2, 0) is 22.4 Å². The molecule has 2 N–H and O–H groups in total. The number of benzene rings is 1. The smallest absolute Gasteiger partial charge is 0.325 e. The number of hydrogen-bond donors (Lipinski definition) is 2. The molecular weight excluding hydrogens is 318 g/mol. The lowest BCUT2D eigenvalue weighted by Crippen LogP contribution is -2.49. The normalized spacial score (nSPS) is 20.9. The highest BCUT2D eigenvalue weighted by Crippen LogP contribution is 2.26. The number of amides is 4. The number of aryl methyl sites for hydroxylation is 2. The molecule has 1 aromatic carbocycles. The van der Waals surface area contributed by atoms with Gasteiger partial charge < -0.3 is 10.6 Å². The molecule has 134 valence electrons. The van der Waals surface area contributed by atoms with Gasteiger partial charge in [-0.1, -0.05) is 18.2 Å². The molecule has 0 aromatic heterocycles. The number of nitrogens with one attached hydrogen (secondary N) is 2. The summed E-state index contributed by atoms with van der Waals surface area (Å²) in [5.41, 5.74) is 2.80. The van der Waals surface area contributed by atoms with Crippen molar-refractivity contribution in [1.29, 1.82) is 0 Å². The molecule has 2 atom stereocenters. The zero-order valence-electron chi connectivity index (χ0n) is 15.2. The second-order valence-electron chi connectivity index (χ2n) is 7.52. The number of nitrogens with zero attached hydrogens (tertiary/aromatic N) is 1. The van der Waals surface area contributed by atoms with Crippen molar-refractivity contribution < 1.29 is 14.4 Å². The maximum absolute atomic E-state index is 12.6. The van der Waals surface area contributed by atoms with Crippen LogP contribution < -0.4 is 10.6 Å². The maximum atomic E-state index is 12.6. The number of carbonyl (C=O) groups is 3. The van der Waals surface area contributed by atoms with Crippen molar-refractivity contribution >= 4 is 17.8 Å². The van der Waals surface area contributed by atoms with Crippen molar-refractivity contribution in [3.05, 3.63) is 34.9 Å². The van der Waals surface area contributed by atoms with Gasteiger partial charge in [0.2, 0.25) is 5.91 Å². The molecule has 1 saturated heterocycles. The SMILES string of the molecule is CC(NC(=O)C(C)N1C(=O)NC(C)(C)C1=O)c1ccc2c(c1)CCC2. The molecule has 0 spiro atoms. The van der Waals surface area contributed by atoms with Crippen LogP contribution in [0, 0.1) is 0 Å². The predicted molar refractivity (Wildman–Crippen MR) is 93.9 cm³/mol. The first-order chi connectivity index (χ1) is 11.7. The summed E-state index contributed by atoms with van der Waals surface area (Å²) in [5.74, 6) is -0.723. The molecule has 1 aromatic rings. The van der Waals surface area contributed by atoms with Crippen LogP contribution in [0.3, 0.4) is 0 Å². The van der Waals surface area contributed by atoms with E-state index in [1.807, 2.05) is 13.0 Å². The molecule has 6 nitrogen and oxygen atoms in total. The first-order valence-electron chi connectivity index (χ1n) is 8.78. The van der Waals surface area contributed by atoms with E-state index in [0.29, 0.717) is 0 Å². The van der Waals surface area contributed by atoms with Gasteiger partial charge in [-0.05, 0) is 63.6 Å². The molecule has 3 rings (SSSR count). The van der Waals surface area contributed by atoms with Crippen LogP contribution in [0.4, 0.5) is 4.79 Å². The molecular formula is C19H25N3O3. The summed E-state index contributed by atoms with van der Waals surface area (Å²) in [6.07, 6.45) is 3.38. The Morgan fingerprint density at radius 1 is 1.20 bits per heavy atom. The van der Waals surface area contributed by atoms with Gasteiger partial charge in [0.05, 0.1) is 6.04 Å². The van der Waals surface area contributed by atoms with E-state index in [-0.39, 0.29) is 17.9 Å². The third-order valence-electron chi connectivity index (χ3n) is 5.14. The van der Waals surface area contributed by atoms with Gasteiger partial charge in [-0.25, -0.2) is 9.69 Å². The minimum atomic E-state index is -0.975. The summed E-state index contributed by atoms with van der Waals surface area (Å²) in [5, 5.41) is 5.52. The van der Waals surface area contributed by atoms with Gasteiger partial charge in [-0.15, -0.1) is 0 Å². The monoisotopic (exact) mass is 343 g/mol. The number of hydrogen-bond acceptors (Lipinski definition) is 3. The van der Waals surface area contributed by atoms with Gasteiger partial charge in [-0.2, -0.15) is 0 Å². The highest BCUT2D eigenvalue weighted by molar-refractivity contribution is 6.09. The molecule has 2 unspecified atom stereocenters. The van der Waals surface area contributed by atoms with E-state index in [9.17, 15) is 14.4 Å². The fourth-order valence-electron chi connectivity index (χ4n) is 3.52. The Morgan fingerprint density at radius 2 is 1.88 bits per heavy atom. The minimum absolute atomic E-state index is 0.186. The third kappa shape index (κ3) is 3.13. The van der Waals surface area contributed by atoms with Crippen LogP contribution in [0.5, 0.6) is 0 Å². The number of fused-ring (bicyclic) bond motifs is 1. The van der Waals surface area contributed by atoms with E-state index in [1.165, 1.54) is 17.5 Å². The molecule has 6 heteroatoms. The van der Waals surface area contributed by atoms with E-state index in [2.05, 4.69) is 22.8 Å². The fraction of sp³-hybridized carbons (Fsp3) is 0.526. The number of imide groups is 1. The highest BCUT2D eigenvalue weighted by Gasteiger charge is 2.47. The fourth-order valence-corrected chi connectivity index (χ4v) is 3.52. The molecule has 0 saturated carbocycles. The summed E-state index contributed by atoms with van der Waals surface area (Å²) in [6, 6.07) is 4.75. The highest BCUT2D eigenvalue weighted by atomic mass is 16.2. The Labute approximate surface area is 148 Å². The Morgan fingerprint density at radius 3 is 2.52 bits per heavy atom. The van der Waals surface area contributed by atoms with Crippen LogP contribution in [0.2, 0.25) is 0 Å². The molecule has 1 fully saturated rings. The second-order valence-corrected chi connectivity index (χ2v) is 7.52. The molecule has 2 aliphatic rings. The first kappa shape index (κ1) is 17.5. The van der Waals surface area contributed by atoms with Crippen molar-refractivity contribution in [2.24, 2.45) is 0 Å². The van der Waals surface area contributed by atoms with Crippen LogP contribution in [-0.4, -0.2) is 34.3 Å². The van der Waals surface area contributed by atoms with Crippen molar-refractivity contribution in [1.82, 2.24) is 15.5 Å². The average Bonchev–Trinajstić information content (AvgIpc) is 3.08. The molecule has 0 bridgehead atoms. The van der Waals surface area contributed by atoms with Gasteiger partial charge in [0.15, 0.2) is 0 Å². The standard InChI is InChI=1S/C19H25N3O3/c1-11(14-9-8-13-6-5-7-15(13)10-14)20-16(23)12(2)22-17(24)19(3,4)21-18(22)25/h8-12H,5-7H2,1-4H3,(H,20,23)(H,21,25). The molecule has 1 heterocycles. The average molecular weight is 343 g/mol. The molecule has 25 heavy (non-hydrogen) atoms. The van der Waals surface area contributed by atoms with E-state index in [1.54, 1.807) is 20.8 Å².